The van der Waals surface area contributed by atoms with E-state index in [9.17, 15) is 4.79 Å². The smallest absolute Gasteiger partial charge is 0.328 e. The summed E-state index contributed by atoms with van der Waals surface area (Å²) in [5.41, 5.74) is 1.13. The van der Waals surface area contributed by atoms with Gasteiger partial charge in [0.05, 0.1) is 5.69 Å². The van der Waals surface area contributed by atoms with Gasteiger partial charge in [-0.05, 0) is 17.9 Å². The molecule has 0 saturated carbocycles. The molecule has 1 saturated heterocycles. The molecular formula is C14H17N3O2S. The molecule has 20 heavy (non-hydrogen) atoms. The fourth-order valence-corrected chi connectivity index (χ4v) is 3.34. The van der Waals surface area contributed by atoms with Gasteiger partial charge in [-0.25, -0.2) is 9.78 Å². The minimum absolute atomic E-state index is 0.283. The molecule has 0 atom stereocenters. The quantitative estimate of drug-likeness (QED) is 0.883. The largest absolute Gasteiger partial charge is 0.478 e. The van der Waals surface area contributed by atoms with Gasteiger partial charge in [0.1, 0.15) is 0 Å². The van der Waals surface area contributed by atoms with Gasteiger partial charge in [0.25, 0.3) is 0 Å². The molecule has 0 bridgehead atoms. The van der Waals surface area contributed by atoms with Gasteiger partial charge < -0.3 is 10.0 Å². The summed E-state index contributed by atoms with van der Waals surface area (Å²) >= 11 is 1.56. The van der Waals surface area contributed by atoms with E-state index in [4.69, 9.17) is 5.11 Å². The highest BCUT2D eigenvalue weighted by Gasteiger charge is 2.31. The Hall–Kier alpha value is -1.82. The molecule has 0 aromatic carbocycles. The topological polar surface area (TPSA) is 57.8 Å². The molecule has 1 aliphatic heterocycles. The lowest BCUT2D eigenvalue weighted by Gasteiger charge is -2.20. The van der Waals surface area contributed by atoms with Crippen molar-refractivity contribution in [2.45, 2.75) is 20.3 Å². The Morgan fingerprint density at radius 1 is 1.55 bits per heavy atom. The minimum atomic E-state index is -0.942. The van der Waals surface area contributed by atoms with E-state index in [1.807, 2.05) is 16.0 Å². The molecule has 2 aromatic rings. The number of hydrogen-bond acceptors (Lipinski definition) is 4. The summed E-state index contributed by atoms with van der Waals surface area (Å²) in [4.78, 5) is 18.6. The zero-order valence-corrected chi connectivity index (χ0v) is 12.4. The zero-order valence-electron chi connectivity index (χ0n) is 11.5. The molecule has 5 nitrogen and oxygen atoms in total. The molecule has 3 rings (SSSR count). The van der Waals surface area contributed by atoms with Gasteiger partial charge in [-0.3, -0.25) is 4.40 Å². The van der Waals surface area contributed by atoms with Gasteiger partial charge in [0, 0.05) is 30.7 Å². The first kappa shape index (κ1) is 13.2. The summed E-state index contributed by atoms with van der Waals surface area (Å²) in [5.74, 6) is -0.0530. The predicted molar refractivity (Wildman–Crippen MR) is 80.3 cm³/mol. The van der Waals surface area contributed by atoms with Crippen molar-refractivity contribution in [3.05, 3.63) is 23.3 Å². The van der Waals surface area contributed by atoms with Gasteiger partial charge in [0.15, 0.2) is 10.8 Å². The summed E-state index contributed by atoms with van der Waals surface area (Å²) in [6.07, 6.45) is 5.86. The van der Waals surface area contributed by atoms with E-state index in [0.717, 1.165) is 36.0 Å². The Morgan fingerprint density at radius 3 is 3.00 bits per heavy atom. The number of anilines is 1. The van der Waals surface area contributed by atoms with Crippen LogP contribution < -0.4 is 4.90 Å². The highest BCUT2D eigenvalue weighted by Crippen LogP contribution is 2.35. The van der Waals surface area contributed by atoms with Gasteiger partial charge >= 0.3 is 5.97 Å². The third-order valence-electron chi connectivity index (χ3n) is 3.64. The SMILES string of the molecule is CC1(C)CCN(c2nc3sccn3c2/C=C/C(=O)O)C1. The van der Waals surface area contributed by atoms with Crippen LogP contribution in [0.5, 0.6) is 0 Å². The minimum Gasteiger partial charge on any atom is -0.478 e. The molecule has 2 aromatic heterocycles. The maximum Gasteiger partial charge on any atom is 0.328 e. The Bertz CT molecular complexity index is 684. The molecule has 0 unspecified atom stereocenters. The standard InChI is InChI=1S/C14H17N3O2S/c1-14(2)5-6-16(9-14)12-10(3-4-11(18)19)17-7-8-20-13(17)15-12/h3-4,7-8H,5-6,9H2,1-2H3,(H,18,19)/b4-3+. The van der Waals surface area contributed by atoms with Crippen LogP contribution in [0.3, 0.4) is 0 Å². The second kappa shape index (κ2) is 4.63. The van der Waals surface area contributed by atoms with E-state index < -0.39 is 5.97 Å². The Balaban J connectivity index is 2.04. The highest BCUT2D eigenvalue weighted by atomic mass is 32.1. The normalized spacial score (nSPS) is 18.4. The Labute approximate surface area is 121 Å². The Kier molecular flexibility index (Phi) is 3.05. The molecule has 0 radical (unpaired) electrons. The van der Waals surface area contributed by atoms with Gasteiger partial charge in [-0.2, -0.15) is 0 Å². The number of carboxylic acid groups (broad SMARTS) is 1. The van der Waals surface area contributed by atoms with Crippen LogP contribution in [0.4, 0.5) is 5.82 Å². The van der Waals surface area contributed by atoms with Crippen LogP contribution >= 0.6 is 11.3 Å². The van der Waals surface area contributed by atoms with Gasteiger partial charge in [0.2, 0.25) is 0 Å². The first-order valence-electron chi connectivity index (χ1n) is 6.58. The van der Waals surface area contributed by atoms with Crippen molar-refractivity contribution in [1.29, 1.82) is 0 Å². The van der Waals surface area contributed by atoms with Gasteiger partial charge in [-0.15, -0.1) is 11.3 Å². The summed E-state index contributed by atoms with van der Waals surface area (Å²) in [7, 11) is 0. The number of carboxylic acids is 1. The lowest BCUT2D eigenvalue weighted by Crippen LogP contribution is -2.23. The zero-order chi connectivity index (χ0) is 14.3. The van der Waals surface area contributed by atoms with E-state index in [1.54, 1.807) is 17.4 Å². The number of carbonyl (C=O) groups is 1. The van der Waals surface area contributed by atoms with Crippen molar-refractivity contribution in [3.63, 3.8) is 0 Å². The molecule has 6 heteroatoms. The highest BCUT2D eigenvalue weighted by molar-refractivity contribution is 7.15. The molecule has 1 fully saturated rings. The van der Waals surface area contributed by atoms with E-state index in [0.29, 0.717) is 0 Å². The van der Waals surface area contributed by atoms with Crippen LogP contribution in [-0.4, -0.2) is 33.6 Å². The van der Waals surface area contributed by atoms with E-state index in [-0.39, 0.29) is 5.41 Å². The van der Waals surface area contributed by atoms with Crippen molar-refractivity contribution in [2.75, 3.05) is 18.0 Å². The fourth-order valence-electron chi connectivity index (χ4n) is 2.62. The first-order valence-corrected chi connectivity index (χ1v) is 7.46. The number of hydrogen-bond donors (Lipinski definition) is 1. The van der Waals surface area contributed by atoms with Crippen LogP contribution in [-0.2, 0) is 4.79 Å². The fraction of sp³-hybridized carbons (Fsp3) is 0.429. The maximum absolute atomic E-state index is 10.8. The van der Waals surface area contributed by atoms with Crippen LogP contribution in [0.1, 0.15) is 26.0 Å². The van der Waals surface area contributed by atoms with Crippen molar-refractivity contribution < 1.29 is 9.90 Å². The molecule has 1 N–H and O–H groups in total. The molecule has 1 aliphatic rings. The van der Waals surface area contributed by atoms with Crippen molar-refractivity contribution in [2.24, 2.45) is 5.41 Å². The third-order valence-corrected chi connectivity index (χ3v) is 4.40. The molecule has 106 valence electrons. The molecule has 0 amide bonds. The van der Waals surface area contributed by atoms with Gasteiger partial charge in [-0.1, -0.05) is 13.8 Å². The molecular weight excluding hydrogens is 274 g/mol. The summed E-state index contributed by atoms with van der Waals surface area (Å²) in [6, 6.07) is 0. The van der Waals surface area contributed by atoms with E-state index in [2.05, 4.69) is 23.7 Å². The number of aromatic nitrogens is 2. The third kappa shape index (κ3) is 2.31. The number of nitrogens with zero attached hydrogens (tertiary/aromatic N) is 3. The first-order chi connectivity index (χ1) is 9.46. The van der Waals surface area contributed by atoms with E-state index >= 15 is 0 Å². The number of aliphatic carboxylic acids is 1. The second-order valence-electron chi connectivity index (χ2n) is 5.88. The maximum atomic E-state index is 10.8. The van der Waals surface area contributed by atoms with Crippen molar-refractivity contribution >= 4 is 34.2 Å². The average molecular weight is 291 g/mol. The van der Waals surface area contributed by atoms with E-state index in [1.165, 1.54) is 6.08 Å². The molecule has 0 aliphatic carbocycles. The lowest BCUT2D eigenvalue weighted by atomic mass is 9.93. The lowest BCUT2D eigenvalue weighted by molar-refractivity contribution is -0.131. The second-order valence-corrected chi connectivity index (χ2v) is 6.76. The van der Waals surface area contributed by atoms with Crippen LogP contribution in [0.2, 0.25) is 0 Å². The Morgan fingerprint density at radius 2 is 2.35 bits per heavy atom. The monoisotopic (exact) mass is 291 g/mol. The molecule has 0 spiro atoms. The number of rotatable bonds is 3. The predicted octanol–water partition coefficient (Wildman–Crippen LogP) is 2.73. The average Bonchev–Trinajstić information content (AvgIpc) is 2.99. The number of fused-ring (bicyclic) bond motifs is 1. The summed E-state index contributed by atoms with van der Waals surface area (Å²) in [5, 5.41) is 10.8. The number of thiazole rings is 1. The van der Waals surface area contributed by atoms with Crippen molar-refractivity contribution in [3.8, 4) is 0 Å². The number of imidazole rings is 1. The summed E-state index contributed by atoms with van der Waals surface area (Å²) in [6.45, 7) is 6.41. The van der Waals surface area contributed by atoms with Crippen LogP contribution in [0.25, 0.3) is 11.0 Å². The van der Waals surface area contributed by atoms with Crippen LogP contribution in [0, 0.1) is 5.41 Å². The van der Waals surface area contributed by atoms with Crippen molar-refractivity contribution in [1.82, 2.24) is 9.38 Å². The summed E-state index contributed by atoms with van der Waals surface area (Å²) < 4.78 is 1.95. The molecule has 3 heterocycles. The van der Waals surface area contributed by atoms with Crippen LogP contribution in [0.15, 0.2) is 17.7 Å².